The fourth-order valence-corrected chi connectivity index (χ4v) is 3.34. The molecule has 0 aliphatic heterocycles. The molecule has 0 saturated heterocycles. The van der Waals surface area contributed by atoms with Crippen molar-refractivity contribution in [3.8, 4) is 0 Å². The standard InChI is InChI=1S/C19H42N2O9P2.C2H5NO.C2H4O/c1-20-10-6-4-5-9-19(22)21-11-7-2-3-8-12-29-32(25)30-18-16-27-14-13-26-15-17-28-31(23)24;1-2(3)4;1-2-3/h20,23-25H,2-18H2,1H3,(H,21,22);1H3,(H2,3,4);2H,1H3. The van der Waals surface area contributed by atoms with Crippen LogP contribution >= 0.6 is 17.2 Å². The molecular weight excluding hydrogens is 556 g/mol. The van der Waals surface area contributed by atoms with Gasteiger partial charge >= 0.3 is 17.2 Å². The third kappa shape index (κ3) is 50.5. The van der Waals surface area contributed by atoms with Crippen LogP contribution < -0.4 is 16.4 Å². The molecule has 0 fully saturated rings. The number of unbranched alkanes of at least 4 members (excludes halogenated alkanes) is 5. The van der Waals surface area contributed by atoms with Gasteiger partial charge in [0, 0.05) is 19.9 Å². The maximum Gasteiger partial charge on any atom is 0.329 e. The fraction of sp³-hybridized carbons (Fsp3) is 0.870. The van der Waals surface area contributed by atoms with E-state index in [1.54, 1.807) is 0 Å². The molecule has 1 atom stereocenters. The highest BCUT2D eigenvalue weighted by Crippen LogP contribution is 2.32. The molecule has 234 valence electrons. The van der Waals surface area contributed by atoms with Gasteiger partial charge in [-0.1, -0.05) is 19.3 Å². The zero-order valence-electron chi connectivity index (χ0n) is 23.7. The Balaban J connectivity index is -0.00000165. The summed E-state index contributed by atoms with van der Waals surface area (Å²) < 4.78 is 25.4. The highest BCUT2D eigenvalue weighted by atomic mass is 31.2. The van der Waals surface area contributed by atoms with Crippen LogP contribution in [0.1, 0.15) is 65.2 Å². The lowest BCUT2D eigenvalue weighted by Crippen LogP contribution is -2.24. The second-order valence-electron chi connectivity index (χ2n) is 7.74. The average molecular weight is 608 g/mol. The normalized spacial score (nSPS) is 11.2. The molecule has 0 bridgehead atoms. The predicted octanol–water partition coefficient (Wildman–Crippen LogP) is 1.65. The van der Waals surface area contributed by atoms with Crippen LogP contribution in [0.25, 0.3) is 0 Å². The number of nitrogens with one attached hydrogen (secondary N) is 2. The quantitative estimate of drug-likeness (QED) is 0.0497. The number of aldehydes is 1. The molecule has 0 aromatic heterocycles. The van der Waals surface area contributed by atoms with E-state index >= 15 is 0 Å². The number of amides is 2. The molecule has 0 spiro atoms. The molecule has 2 amide bonds. The van der Waals surface area contributed by atoms with Crippen molar-refractivity contribution in [3.05, 3.63) is 0 Å². The first-order valence-corrected chi connectivity index (χ1v) is 15.3. The molecule has 0 aromatic carbocycles. The lowest BCUT2D eigenvalue weighted by molar-refractivity contribution is -0.121. The fourth-order valence-electron chi connectivity index (χ4n) is 2.51. The van der Waals surface area contributed by atoms with E-state index < -0.39 is 17.2 Å². The largest absolute Gasteiger partial charge is 0.377 e. The van der Waals surface area contributed by atoms with Crippen molar-refractivity contribution in [1.29, 1.82) is 0 Å². The number of hydrogen-bond donors (Lipinski definition) is 6. The molecule has 7 N–H and O–H groups in total. The monoisotopic (exact) mass is 607 g/mol. The molecule has 0 rings (SSSR count). The number of nitrogens with two attached hydrogens (primary N) is 1. The molecule has 0 saturated carbocycles. The Hall–Kier alpha value is -0.890. The SMILES string of the molecule is CC(N)=O.CC=O.CNCCCCCC(=O)NCCCCCCOP(O)OCCOCCOCCOP(O)O. The summed E-state index contributed by atoms with van der Waals surface area (Å²) in [6.45, 7) is 6.49. The molecule has 0 heterocycles. The maximum atomic E-state index is 11.7. The predicted molar refractivity (Wildman–Crippen MR) is 150 cm³/mol. The minimum absolute atomic E-state index is 0.113. The van der Waals surface area contributed by atoms with Gasteiger partial charge in [-0.15, -0.1) is 0 Å². The van der Waals surface area contributed by atoms with Crippen LogP contribution in [0.15, 0.2) is 0 Å². The van der Waals surface area contributed by atoms with Crippen LogP contribution in [0.2, 0.25) is 0 Å². The highest BCUT2D eigenvalue weighted by Gasteiger charge is 2.06. The van der Waals surface area contributed by atoms with Gasteiger partial charge in [0.15, 0.2) is 0 Å². The molecule has 0 aliphatic rings. The third-order valence-electron chi connectivity index (χ3n) is 4.16. The maximum absolute atomic E-state index is 11.7. The van der Waals surface area contributed by atoms with Gasteiger partial charge in [0.1, 0.15) is 6.29 Å². The van der Waals surface area contributed by atoms with Crippen LogP contribution in [0.5, 0.6) is 0 Å². The first kappa shape index (κ1) is 42.6. The number of rotatable bonds is 25. The Morgan fingerprint density at radius 1 is 0.769 bits per heavy atom. The summed E-state index contributed by atoms with van der Waals surface area (Å²) in [5.41, 5.74) is 4.47. The van der Waals surface area contributed by atoms with Gasteiger partial charge in [-0.25, -0.2) is 0 Å². The zero-order valence-corrected chi connectivity index (χ0v) is 25.5. The number of carbonyl (C=O) groups excluding carboxylic acids is 3. The summed E-state index contributed by atoms with van der Waals surface area (Å²) in [5, 5.41) is 6.05. The van der Waals surface area contributed by atoms with Crippen molar-refractivity contribution < 1.29 is 52.1 Å². The first-order chi connectivity index (χ1) is 18.7. The zero-order chi connectivity index (χ0) is 30.0. The van der Waals surface area contributed by atoms with E-state index in [0.717, 1.165) is 57.8 Å². The topological polar surface area (TPSA) is 208 Å². The Labute approximate surface area is 235 Å². The van der Waals surface area contributed by atoms with Crippen LogP contribution in [0.4, 0.5) is 0 Å². The van der Waals surface area contributed by atoms with E-state index in [9.17, 15) is 14.5 Å². The summed E-state index contributed by atoms with van der Waals surface area (Å²) in [5.74, 6) is -0.202. The first-order valence-electron chi connectivity index (χ1n) is 13.0. The van der Waals surface area contributed by atoms with Crippen molar-refractivity contribution in [3.63, 3.8) is 0 Å². The van der Waals surface area contributed by atoms with Gasteiger partial charge in [0.2, 0.25) is 11.8 Å². The smallest absolute Gasteiger partial charge is 0.329 e. The van der Waals surface area contributed by atoms with Crippen molar-refractivity contribution >= 4 is 35.3 Å². The molecule has 1 unspecified atom stereocenters. The molecule has 16 heteroatoms. The number of hydrogen-bond acceptors (Lipinski definition) is 12. The van der Waals surface area contributed by atoms with E-state index in [1.165, 1.54) is 13.8 Å². The van der Waals surface area contributed by atoms with E-state index in [4.69, 9.17) is 33.1 Å². The number of carbonyl (C=O) groups is 3. The summed E-state index contributed by atoms with van der Waals surface area (Å²) in [7, 11) is -2.30. The second kappa shape index (κ2) is 37.1. The summed E-state index contributed by atoms with van der Waals surface area (Å²) in [6.07, 6.45) is 8.20. The van der Waals surface area contributed by atoms with Crippen LogP contribution in [-0.2, 0) is 37.4 Å². The third-order valence-corrected chi connectivity index (χ3v) is 5.38. The van der Waals surface area contributed by atoms with Crippen LogP contribution in [0.3, 0.4) is 0 Å². The van der Waals surface area contributed by atoms with E-state index in [2.05, 4.69) is 20.9 Å². The van der Waals surface area contributed by atoms with Crippen molar-refractivity contribution in [2.45, 2.75) is 65.2 Å². The van der Waals surface area contributed by atoms with Crippen LogP contribution in [0, 0.1) is 0 Å². The van der Waals surface area contributed by atoms with E-state index in [1.807, 2.05) is 7.05 Å². The lowest BCUT2D eigenvalue weighted by atomic mass is 10.1. The summed E-state index contributed by atoms with van der Waals surface area (Å²) >= 11 is 0. The minimum Gasteiger partial charge on any atom is -0.377 e. The van der Waals surface area contributed by atoms with Gasteiger partial charge in [0.25, 0.3) is 0 Å². The van der Waals surface area contributed by atoms with Gasteiger partial charge in [0.05, 0.1) is 46.2 Å². The lowest BCUT2D eigenvalue weighted by Gasteiger charge is -2.11. The molecule has 39 heavy (non-hydrogen) atoms. The molecule has 0 aromatic rings. The molecular formula is C23H51N3O11P2. The van der Waals surface area contributed by atoms with Gasteiger partial charge < -0.3 is 58.9 Å². The molecule has 14 nitrogen and oxygen atoms in total. The number of ether oxygens (including phenoxy) is 2. The Morgan fingerprint density at radius 3 is 1.79 bits per heavy atom. The average Bonchev–Trinajstić information content (AvgIpc) is 2.86. The Morgan fingerprint density at radius 2 is 1.23 bits per heavy atom. The van der Waals surface area contributed by atoms with Crippen LogP contribution in [-0.4, -0.2) is 99.2 Å². The number of primary amides is 1. The van der Waals surface area contributed by atoms with Gasteiger partial charge in [-0.2, -0.15) is 0 Å². The Kier molecular flexibility index (Phi) is 40.5. The van der Waals surface area contributed by atoms with Crippen molar-refractivity contribution in [1.82, 2.24) is 10.6 Å². The molecule has 0 aliphatic carbocycles. The Bertz CT molecular complexity index is 536. The molecule has 0 radical (unpaired) electrons. The van der Waals surface area contributed by atoms with Crippen molar-refractivity contribution in [2.24, 2.45) is 5.73 Å². The van der Waals surface area contributed by atoms with E-state index in [0.29, 0.717) is 39.4 Å². The minimum atomic E-state index is -2.33. The summed E-state index contributed by atoms with van der Waals surface area (Å²) in [6, 6.07) is 0. The highest BCUT2D eigenvalue weighted by molar-refractivity contribution is 7.40. The van der Waals surface area contributed by atoms with Gasteiger partial charge in [-0.05, 0) is 46.2 Å². The van der Waals surface area contributed by atoms with E-state index in [-0.39, 0.29) is 31.6 Å². The van der Waals surface area contributed by atoms with Crippen molar-refractivity contribution in [2.75, 3.05) is 66.4 Å². The van der Waals surface area contributed by atoms with Gasteiger partial charge in [-0.3, -0.25) is 9.59 Å². The second-order valence-corrected chi connectivity index (χ2v) is 9.50. The summed E-state index contributed by atoms with van der Waals surface area (Å²) in [4.78, 5) is 56.4.